The number of amides is 1. The van der Waals surface area contributed by atoms with E-state index in [4.69, 9.17) is 4.74 Å². The van der Waals surface area contributed by atoms with Crippen molar-refractivity contribution in [2.24, 2.45) is 5.10 Å². The maximum absolute atomic E-state index is 11.9. The second-order valence-corrected chi connectivity index (χ2v) is 5.49. The summed E-state index contributed by atoms with van der Waals surface area (Å²) in [5, 5.41) is 5.86. The van der Waals surface area contributed by atoms with Gasteiger partial charge in [-0.2, -0.15) is 5.10 Å². The Bertz CT molecular complexity index is 591. The molecular formula is C16H18N2O2S. The fourth-order valence-electron chi connectivity index (χ4n) is 1.68. The lowest BCUT2D eigenvalue weighted by molar-refractivity contribution is -0.127. The zero-order chi connectivity index (χ0) is 15.1. The first-order valence-corrected chi connectivity index (χ1v) is 7.69. The van der Waals surface area contributed by atoms with Gasteiger partial charge in [0.25, 0.3) is 5.91 Å². The van der Waals surface area contributed by atoms with Crippen LogP contribution in [0.2, 0.25) is 0 Å². The second-order valence-electron chi connectivity index (χ2n) is 4.51. The number of rotatable bonds is 6. The van der Waals surface area contributed by atoms with E-state index in [0.29, 0.717) is 5.75 Å². The van der Waals surface area contributed by atoms with E-state index in [2.05, 4.69) is 17.5 Å². The Balaban J connectivity index is 1.84. The average Bonchev–Trinajstić information content (AvgIpc) is 3.01. The third kappa shape index (κ3) is 4.72. The molecule has 0 aliphatic heterocycles. The van der Waals surface area contributed by atoms with Crippen LogP contribution >= 0.6 is 11.3 Å². The highest BCUT2D eigenvalue weighted by molar-refractivity contribution is 7.11. The van der Waals surface area contributed by atoms with Crippen LogP contribution in [-0.2, 0) is 11.2 Å². The molecule has 110 valence electrons. The number of nitrogens with one attached hydrogen (secondary N) is 1. The summed E-state index contributed by atoms with van der Waals surface area (Å²) in [5.41, 5.74) is 3.71. The molecule has 1 aromatic carbocycles. The van der Waals surface area contributed by atoms with Crippen LogP contribution in [0.1, 0.15) is 24.3 Å². The molecule has 1 N–H and O–H groups in total. The van der Waals surface area contributed by atoms with Gasteiger partial charge >= 0.3 is 0 Å². The first-order valence-electron chi connectivity index (χ1n) is 6.81. The Labute approximate surface area is 128 Å². The Morgan fingerprint density at radius 3 is 2.76 bits per heavy atom. The molecule has 2 rings (SSSR count). The maximum atomic E-state index is 11.9. The number of hydrazone groups is 1. The third-order valence-electron chi connectivity index (χ3n) is 2.92. The molecule has 1 amide bonds. The first-order chi connectivity index (χ1) is 10.2. The number of carbonyl (C=O) groups excluding carboxylic acids is 1. The molecular weight excluding hydrogens is 284 g/mol. The summed E-state index contributed by atoms with van der Waals surface area (Å²) >= 11 is 1.56. The largest absolute Gasteiger partial charge is 0.481 e. The number of aryl methyl sites for hydroxylation is 1. The summed E-state index contributed by atoms with van der Waals surface area (Å²) in [6.45, 7) is 3.79. The van der Waals surface area contributed by atoms with E-state index < -0.39 is 6.10 Å². The highest BCUT2D eigenvalue weighted by Crippen LogP contribution is 2.14. The van der Waals surface area contributed by atoms with Crippen LogP contribution < -0.4 is 10.2 Å². The van der Waals surface area contributed by atoms with Gasteiger partial charge in [-0.05, 0) is 42.5 Å². The number of hydrogen-bond acceptors (Lipinski definition) is 4. The summed E-state index contributed by atoms with van der Waals surface area (Å²) in [7, 11) is 0. The fraction of sp³-hybridized carbons (Fsp3) is 0.250. The smallest absolute Gasteiger partial charge is 0.280 e. The van der Waals surface area contributed by atoms with Crippen molar-refractivity contribution in [1.82, 2.24) is 5.43 Å². The third-order valence-corrected chi connectivity index (χ3v) is 3.73. The van der Waals surface area contributed by atoms with E-state index in [1.807, 2.05) is 41.8 Å². The van der Waals surface area contributed by atoms with Crippen LogP contribution in [0.5, 0.6) is 5.75 Å². The first kappa shape index (κ1) is 15.3. The number of nitrogens with zero attached hydrogens (tertiary/aromatic N) is 1. The normalized spacial score (nSPS) is 12.3. The number of benzene rings is 1. The highest BCUT2D eigenvalue weighted by Gasteiger charge is 2.13. The van der Waals surface area contributed by atoms with Crippen molar-refractivity contribution in [3.8, 4) is 5.75 Å². The molecule has 4 nitrogen and oxygen atoms in total. The standard InChI is InChI=1S/C16H18N2O2S/c1-3-13-6-8-14(9-7-13)20-12(2)16(19)18-17-11-15-5-4-10-21-15/h4-12H,3H2,1-2H3,(H,18,19)/b17-11+. The molecule has 1 atom stereocenters. The minimum Gasteiger partial charge on any atom is -0.481 e. The zero-order valence-corrected chi connectivity index (χ0v) is 12.9. The SMILES string of the molecule is CCc1ccc(OC(C)C(=O)N/N=C/c2cccs2)cc1. The van der Waals surface area contributed by atoms with E-state index in [9.17, 15) is 4.79 Å². The van der Waals surface area contributed by atoms with Crippen LogP contribution in [0.3, 0.4) is 0 Å². The topological polar surface area (TPSA) is 50.7 Å². The maximum Gasteiger partial charge on any atom is 0.280 e. The molecule has 21 heavy (non-hydrogen) atoms. The lowest BCUT2D eigenvalue weighted by atomic mass is 10.2. The Kier molecular flexibility index (Phi) is 5.51. The van der Waals surface area contributed by atoms with Crippen LogP contribution in [0.15, 0.2) is 46.9 Å². The van der Waals surface area contributed by atoms with Crippen LogP contribution in [-0.4, -0.2) is 18.2 Å². The van der Waals surface area contributed by atoms with E-state index in [-0.39, 0.29) is 5.91 Å². The predicted molar refractivity (Wildman–Crippen MR) is 86.0 cm³/mol. The fourth-order valence-corrected chi connectivity index (χ4v) is 2.26. The molecule has 0 aliphatic rings. The predicted octanol–water partition coefficient (Wildman–Crippen LogP) is 3.23. The molecule has 0 bridgehead atoms. The Morgan fingerprint density at radius 2 is 2.14 bits per heavy atom. The van der Waals surface area contributed by atoms with Crippen LogP contribution in [0.25, 0.3) is 0 Å². The molecule has 0 radical (unpaired) electrons. The van der Waals surface area contributed by atoms with Gasteiger partial charge in [-0.1, -0.05) is 25.1 Å². The molecule has 2 aromatic rings. The van der Waals surface area contributed by atoms with Crippen molar-refractivity contribution in [3.05, 3.63) is 52.2 Å². The quantitative estimate of drug-likeness (QED) is 0.658. The number of carbonyl (C=O) groups is 1. The van der Waals surface area contributed by atoms with Gasteiger partial charge < -0.3 is 4.74 Å². The van der Waals surface area contributed by atoms with E-state index in [0.717, 1.165) is 11.3 Å². The summed E-state index contributed by atoms with van der Waals surface area (Å²) in [4.78, 5) is 12.8. The van der Waals surface area contributed by atoms with E-state index >= 15 is 0 Å². The molecule has 1 heterocycles. The molecule has 1 unspecified atom stereocenters. The van der Waals surface area contributed by atoms with Gasteiger partial charge in [0.2, 0.25) is 0 Å². The van der Waals surface area contributed by atoms with Crippen molar-refractivity contribution < 1.29 is 9.53 Å². The zero-order valence-electron chi connectivity index (χ0n) is 12.1. The molecule has 0 fully saturated rings. The monoisotopic (exact) mass is 302 g/mol. The van der Waals surface area contributed by atoms with Crippen molar-refractivity contribution >= 4 is 23.5 Å². The van der Waals surface area contributed by atoms with Crippen molar-refractivity contribution in [2.45, 2.75) is 26.4 Å². The molecule has 5 heteroatoms. The van der Waals surface area contributed by atoms with Gasteiger partial charge in [-0.25, -0.2) is 5.43 Å². The number of thiophene rings is 1. The lowest BCUT2D eigenvalue weighted by Crippen LogP contribution is -2.33. The molecule has 0 saturated heterocycles. The van der Waals surface area contributed by atoms with Gasteiger partial charge in [0.1, 0.15) is 5.75 Å². The van der Waals surface area contributed by atoms with Crippen LogP contribution in [0, 0.1) is 0 Å². The van der Waals surface area contributed by atoms with Crippen molar-refractivity contribution in [1.29, 1.82) is 0 Å². The van der Waals surface area contributed by atoms with Crippen LogP contribution in [0.4, 0.5) is 0 Å². The van der Waals surface area contributed by atoms with Crippen molar-refractivity contribution in [2.75, 3.05) is 0 Å². The Morgan fingerprint density at radius 1 is 1.38 bits per heavy atom. The van der Waals surface area contributed by atoms with E-state index in [1.165, 1.54) is 5.56 Å². The molecule has 0 spiro atoms. The second kappa shape index (κ2) is 7.59. The van der Waals surface area contributed by atoms with Gasteiger partial charge in [-0.3, -0.25) is 4.79 Å². The minimum atomic E-state index is -0.599. The summed E-state index contributed by atoms with van der Waals surface area (Å²) in [6, 6.07) is 11.6. The number of hydrogen-bond donors (Lipinski definition) is 1. The minimum absolute atomic E-state index is 0.276. The average molecular weight is 302 g/mol. The van der Waals surface area contributed by atoms with Gasteiger partial charge in [0, 0.05) is 4.88 Å². The summed E-state index contributed by atoms with van der Waals surface area (Å²) < 4.78 is 5.58. The summed E-state index contributed by atoms with van der Waals surface area (Å²) in [6.07, 6.45) is 2.00. The lowest BCUT2D eigenvalue weighted by Gasteiger charge is -2.13. The van der Waals surface area contributed by atoms with Gasteiger partial charge in [0.05, 0.1) is 6.21 Å². The van der Waals surface area contributed by atoms with E-state index in [1.54, 1.807) is 24.5 Å². The molecule has 1 aromatic heterocycles. The number of ether oxygens (including phenoxy) is 1. The summed E-state index contributed by atoms with van der Waals surface area (Å²) in [5.74, 6) is 0.402. The van der Waals surface area contributed by atoms with Gasteiger partial charge in [-0.15, -0.1) is 11.3 Å². The Hall–Kier alpha value is -2.14. The molecule has 0 saturated carbocycles. The van der Waals surface area contributed by atoms with Crippen molar-refractivity contribution in [3.63, 3.8) is 0 Å². The van der Waals surface area contributed by atoms with Gasteiger partial charge in [0.15, 0.2) is 6.10 Å². The highest BCUT2D eigenvalue weighted by atomic mass is 32.1. The molecule has 0 aliphatic carbocycles.